The zero-order chi connectivity index (χ0) is 21.8. The van der Waals surface area contributed by atoms with Crippen molar-refractivity contribution in [1.82, 2.24) is 4.90 Å². The molecule has 2 atom stereocenters. The second kappa shape index (κ2) is 9.49. The lowest BCUT2D eigenvalue weighted by Gasteiger charge is -2.32. The molecule has 2 fully saturated rings. The predicted octanol–water partition coefficient (Wildman–Crippen LogP) is 3.08. The molecule has 0 N–H and O–H groups in total. The highest BCUT2D eigenvalue weighted by Gasteiger charge is 2.39. The topological polar surface area (TPSA) is 76.2 Å². The summed E-state index contributed by atoms with van der Waals surface area (Å²) in [6.45, 7) is 3.76. The predicted molar refractivity (Wildman–Crippen MR) is 113 cm³/mol. The fourth-order valence-electron chi connectivity index (χ4n) is 4.37. The van der Waals surface area contributed by atoms with E-state index in [0.29, 0.717) is 11.4 Å². The first-order valence-corrected chi connectivity index (χ1v) is 10.7. The van der Waals surface area contributed by atoms with Gasteiger partial charge in [-0.1, -0.05) is 25.3 Å². The smallest absolute Gasteiger partial charge is 0.312 e. The van der Waals surface area contributed by atoms with Gasteiger partial charge in [-0.3, -0.25) is 14.4 Å². The quantitative estimate of drug-likeness (QED) is 0.666. The highest BCUT2D eigenvalue weighted by molar-refractivity contribution is 6.00. The van der Waals surface area contributed by atoms with Crippen molar-refractivity contribution in [2.45, 2.75) is 64.5 Å². The molecule has 1 saturated carbocycles. The number of methoxy groups -OCH3 is 1. The molecular weight excluding hydrogens is 384 g/mol. The maximum atomic E-state index is 12.7. The second-order valence-corrected chi connectivity index (χ2v) is 8.40. The Bertz CT molecular complexity index is 803. The van der Waals surface area contributed by atoms with Crippen molar-refractivity contribution in [3.8, 4) is 5.75 Å². The molecule has 30 heavy (non-hydrogen) atoms. The maximum absolute atomic E-state index is 12.7. The van der Waals surface area contributed by atoms with Crippen LogP contribution in [-0.2, 0) is 19.1 Å². The largest absolute Gasteiger partial charge is 0.495 e. The molecular formula is C23H32N2O5. The van der Waals surface area contributed by atoms with E-state index in [4.69, 9.17) is 9.47 Å². The summed E-state index contributed by atoms with van der Waals surface area (Å²) in [5.74, 6) is -0.857. The molecule has 1 heterocycles. The molecule has 164 valence electrons. The Kier molecular flexibility index (Phi) is 7.00. The van der Waals surface area contributed by atoms with Crippen molar-refractivity contribution in [3.63, 3.8) is 0 Å². The molecule has 2 aliphatic rings. The highest BCUT2D eigenvalue weighted by Crippen LogP contribution is 2.34. The lowest BCUT2D eigenvalue weighted by Crippen LogP contribution is -2.44. The van der Waals surface area contributed by atoms with Gasteiger partial charge in [0.05, 0.1) is 18.7 Å². The molecule has 7 nitrogen and oxygen atoms in total. The molecule has 0 spiro atoms. The monoisotopic (exact) mass is 416 g/mol. The van der Waals surface area contributed by atoms with Crippen LogP contribution < -0.4 is 9.64 Å². The number of esters is 1. The number of rotatable bonds is 6. The average Bonchev–Trinajstić information content (AvgIpc) is 3.14. The Morgan fingerprint density at radius 1 is 1.20 bits per heavy atom. The third-order valence-electron chi connectivity index (χ3n) is 6.19. The summed E-state index contributed by atoms with van der Waals surface area (Å²) in [6.07, 6.45) is 4.65. The standard InChI is InChI=1S/C23H32N2O5/c1-15-10-11-20(29-4)19(12-15)25-14-17(13-21(25)26)23(28)30-16(2)22(27)24(3)18-8-6-5-7-9-18/h10-12,16-18H,5-9,13-14H2,1-4H3/t16-,17+/m0/s1. The van der Waals surface area contributed by atoms with E-state index >= 15 is 0 Å². The van der Waals surface area contributed by atoms with Crippen molar-refractivity contribution in [2.24, 2.45) is 5.92 Å². The number of anilines is 1. The minimum Gasteiger partial charge on any atom is -0.495 e. The normalized spacial score (nSPS) is 20.7. The maximum Gasteiger partial charge on any atom is 0.312 e. The lowest BCUT2D eigenvalue weighted by molar-refractivity contribution is -0.162. The molecule has 0 unspecified atom stereocenters. The van der Waals surface area contributed by atoms with Gasteiger partial charge in [0, 0.05) is 26.1 Å². The summed E-state index contributed by atoms with van der Waals surface area (Å²) >= 11 is 0. The number of hydrogen-bond acceptors (Lipinski definition) is 5. The van der Waals surface area contributed by atoms with Gasteiger partial charge in [0.1, 0.15) is 5.75 Å². The van der Waals surface area contributed by atoms with Crippen LogP contribution in [0.4, 0.5) is 5.69 Å². The van der Waals surface area contributed by atoms with Gasteiger partial charge >= 0.3 is 5.97 Å². The average molecular weight is 417 g/mol. The fraction of sp³-hybridized carbons (Fsp3) is 0.609. The molecule has 3 rings (SSSR count). The number of benzene rings is 1. The van der Waals surface area contributed by atoms with Crippen LogP contribution in [0.1, 0.15) is 51.0 Å². The van der Waals surface area contributed by atoms with E-state index in [1.165, 1.54) is 6.42 Å². The van der Waals surface area contributed by atoms with E-state index in [2.05, 4.69) is 0 Å². The van der Waals surface area contributed by atoms with Gasteiger partial charge < -0.3 is 19.3 Å². The lowest BCUT2D eigenvalue weighted by atomic mass is 9.94. The molecule has 1 aliphatic heterocycles. The van der Waals surface area contributed by atoms with Crippen molar-refractivity contribution in [3.05, 3.63) is 23.8 Å². The van der Waals surface area contributed by atoms with E-state index in [-0.39, 0.29) is 30.8 Å². The van der Waals surface area contributed by atoms with Crippen molar-refractivity contribution >= 4 is 23.5 Å². The van der Waals surface area contributed by atoms with Crippen LogP contribution in [0.15, 0.2) is 18.2 Å². The Hall–Kier alpha value is -2.57. The fourth-order valence-corrected chi connectivity index (χ4v) is 4.37. The van der Waals surface area contributed by atoms with Crippen LogP contribution >= 0.6 is 0 Å². The number of hydrogen-bond donors (Lipinski definition) is 0. The number of aryl methyl sites for hydroxylation is 1. The van der Waals surface area contributed by atoms with E-state index in [1.807, 2.05) is 25.1 Å². The van der Waals surface area contributed by atoms with Crippen molar-refractivity contribution < 1.29 is 23.9 Å². The third-order valence-corrected chi connectivity index (χ3v) is 6.19. The van der Waals surface area contributed by atoms with E-state index < -0.39 is 18.0 Å². The Labute approximate surface area is 178 Å². The van der Waals surface area contributed by atoms with Gasteiger partial charge in [-0.2, -0.15) is 0 Å². The third kappa shape index (κ3) is 4.77. The van der Waals surface area contributed by atoms with Gasteiger partial charge in [0.2, 0.25) is 5.91 Å². The summed E-state index contributed by atoms with van der Waals surface area (Å²) in [5, 5.41) is 0. The summed E-state index contributed by atoms with van der Waals surface area (Å²) in [6, 6.07) is 5.80. The van der Waals surface area contributed by atoms with E-state index in [0.717, 1.165) is 31.2 Å². The number of carbonyl (C=O) groups is 3. The first-order valence-electron chi connectivity index (χ1n) is 10.7. The van der Waals surface area contributed by atoms with Gasteiger partial charge in [0.15, 0.2) is 6.10 Å². The number of carbonyl (C=O) groups excluding carboxylic acids is 3. The minimum absolute atomic E-state index is 0.0648. The molecule has 7 heteroatoms. The van der Waals surface area contributed by atoms with E-state index in [9.17, 15) is 14.4 Å². The first-order chi connectivity index (χ1) is 14.3. The molecule has 1 aliphatic carbocycles. The molecule has 0 bridgehead atoms. The molecule has 2 amide bonds. The Morgan fingerprint density at radius 3 is 2.57 bits per heavy atom. The summed E-state index contributed by atoms with van der Waals surface area (Å²) < 4.78 is 10.9. The van der Waals surface area contributed by atoms with Crippen LogP contribution in [0.5, 0.6) is 5.75 Å². The van der Waals surface area contributed by atoms with Crippen LogP contribution in [0.3, 0.4) is 0 Å². The summed E-state index contributed by atoms with van der Waals surface area (Å²) in [7, 11) is 3.34. The molecule has 1 aromatic carbocycles. The SMILES string of the molecule is COc1ccc(C)cc1N1C[C@H](C(=O)O[C@@H](C)C(=O)N(C)C2CCCCC2)CC1=O. The Morgan fingerprint density at radius 2 is 1.90 bits per heavy atom. The molecule has 0 radical (unpaired) electrons. The van der Waals surface area contributed by atoms with Crippen molar-refractivity contribution in [1.29, 1.82) is 0 Å². The van der Waals surface area contributed by atoms with E-state index in [1.54, 1.807) is 30.9 Å². The summed E-state index contributed by atoms with van der Waals surface area (Å²) in [4.78, 5) is 41.3. The minimum atomic E-state index is -0.859. The van der Waals surface area contributed by atoms with Crippen molar-refractivity contribution in [2.75, 3.05) is 25.6 Å². The second-order valence-electron chi connectivity index (χ2n) is 8.40. The summed E-state index contributed by atoms with van der Waals surface area (Å²) in [5.41, 5.74) is 1.65. The zero-order valence-electron chi connectivity index (χ0n) is 18.3. The number of amides is 2. The molecule has 0 aromatic heterocycles. The highest BCUT2D eigenvalue weighted by atomic mass is 16.5. The number of nitrogens with zero attached hydrogens (tertiary/aromatic N) is 2. The zero-order valence-corrected chi connectivity index (χ0v) is 18.3. The number of likely N-dealkylation sites (N-methyl/N-ethyl adjacent to an activating group) is 1. The van der Waals surface area contributed by atoms with Crippen LogP contribution in [0, 0.1) is 12.8 Å². The van der Waals surface area contributed by atoms with Gasteiger partial charge in [0.25, 0.3) is 5.91 Å². The van der Waals surface area contributed by atoms with Gasteiger partial charge in [-0.15, -0.1) is 0 Å². The number of ether oxygens (including phenoxy) is 2. The van der Waals surface area contributed by atoms with Crippen LogP contribution in [0.25, 0.3) is 0 Å². The van der Waals surface area contributed by atoms with Crippen LogP contribution in [0.2, 0.25) is 0 Å². The Balaban J connectivity index is 1.61. The molecule has 1 saturated heterocycles. The van der Waals surface area contributed by atoms with Crippen LogP contribution in [-0.4, -0.2) is 55.5 Å². The van der Waals surface area contributed by atoms with Gasteiger partial charge in [-0.25, -0.2) is 0 Å². The first kappa shape index (κ1) is 22.1. The molecule has 1 aromatic rings. The van der Waals surface area contributed by atoms with Gasteiger partial charge in [-0.05, 0) is 44.4 Å².